The van der Waals surface area contributed by atoms with E-state index in [4.69, 9.17) is 20.1 Å². The van der Waals surface area contributed by atoms with E-state index >= 15 is 0 Å². The first kappa shape index (κ1) is 13.5. The summed E-state index contributed by atoms with van der Waals surface area (Å²) in [6, 6.07) is 8.32. The quantitative estimate of drug-likeness (QED) is 0.332. The third kappa shape index (κ3) is 3.52. The van der Waals surface area contributed by atoms with E-state index in [9.17, 15) is 4.79 Å². The number of benzene rings is 1. The molecule has 0 atom stereocenters. The normalized spacial score (nSPS) is 11.1. The van der Waals surface area contributed by atoms with Gasteiger partial charge in [0.2, 0.25) is 0 Å². The van der Waals surface area contributed by atoms with Gasteiger partial charge in [-0.1, -0.05) is 11.2 Å². The molecule has 7 heteroatoms. The molecule has 0 aliphatic carbocycles. The Morgan fingerprint density at radius 3 is 3.00 bits per heavy atom. The lowest BCUT2D eigenvalue weighted by atomic mass is 10.2. The maximum Gasteiger partial charge on any atom is 0.258 e. The van der Waals surface area contributed by atoms with Gasteiger partial charge >= 0.3 is 0 Å². The van der Waals surface area contributed by atoms with Gasteiger partial charge in [-0.2, -0.15) is 0 Å². The summed E-state index contributed by atoms with van der Waals surface area (Å²) in [4.78, 5) is 11.8. The van der Waals surface area contributed by atoms with Crippen LogP contribution in [0.5, 0.6) is 5.75 Å². The zero-order valence-electron chi connectivity index (χ0n) is 10.4. The summed E-state index contributed by atoms with van der Waals surface area (Å²) < 4.78 is 10.1. The van der Waals surface area contributed by atoms with Gasteiger partial charge in [-0.3, -0.25) is 4.79 Å². The summed E-state index contributed by atoms with van der Waals surface area (Å²) in [5, 5.41) is 13.9. The summed E-state index contributed by atoms with van der Waals surface area (Å²) in [5.41, 5.74) is 6.29. The zero-order chi connectivity index (χ0) is 14.4. The molecule has 0 saturated heterocycles. The number of nitrogens with two attached hydrogens (primary N) is 1. The first-order chi connectivity index (χ1) is 9.69. The van der Waals surface area contributed by atoms with E-state index in [-0.39, 0.29) is 18.3 Å². The summed E-state index contributed by atoms with van der Waals surface area (Å²) in [5.74, 6) is 0.159. The Hall–Kier alpha value is -2.96. The van der Waals surface area contributed by atoms with E-state index in [1.54, 1.807) is 30.3 Å². The number of amidine groups is 1. The minimum Gasteiger partial charge on any atom is -0.485 e. The molecule has 0 unspecified atom stereocenters. The second kappa shape index (κ2) is 6.28. The van der Waals surface area contributed by atoms with E-state index in [2.05, 4.69) is 10.5 Å². The van der Waals surface area contributed by atoms with Crippen molar-refractivity contribution in [3.05, 3.63) is 48.4 Å². The molecule has 0 aliphatic heterocycles. The summed E-state index contributed by atoms with van der Waals surface area (Å²) >= 11 is 0. The monoisotopic (exact) mass is 275 g/mol. The van der Waals surface area contributed by atoms with Crippen molar-refractivity contribution in [3.63, 3.8) is 0 Å². The molecule has 104 valence electrons. The Morgan fingerprint density at radius 1 is 1.45 bits per heavy atom. The SMILES string of the molecule is N/C(COc1cccc(NC(=O)c2ccoc2)c1)=N\O. The van der Waals surface area contributed by atoms with Crippen LogP contribution in [-0.4, -0.2) is 23.6 Å². The van der Waals surface area contributed by atoms with Crippen LogP contribution < -0.4 is 15.8 Å². The van der Waals surface area contributed by atoms with Crippen molar-refractivity contribution < 1.29 is 19.2 Å². The van der Waals surface area contributed by atoms with Crippen LogP contribution in [0, 0.1) is 0 Å². The Labute approximate surface area is 114 Å². The lowest BCUT2D eigenvalue weighted by Crippen LogP contribution is -2.20. The molecule has 0 bridgehead atoms. The van der Waals surface area contributed by atoms with E-state index in [0.717, 1.165) is 0 Å². The third-order valence-electron chi connectivity index (χ3n) is 2.39. The van der Waals surface area contributed by atoms with Crippen molar-refractivity contribution in [1.29, 1.82) is 0 Å². The fraction of sp³-hybridized carbons (Fsp3) is 0.0769. The van der Waals surface area contributed by atoms with Crippen LogP contribution in [0.1, 0.15) is 10.4 Å². The van der Waals surface area contributed by atoms with Crippen molar-refractivity contribution in [2.45, 2.75) is 0 Å². The number of furan rings is 1. The second-order valence-corrected chi connectivity index (χ2v) is 3.87. The number of amides is 1. The van der Waals surface area contributed by atoms with E-state index in [1.165, 1.54) is 12.5 Å². The molecule has 1 aromatic carbocycles. The Kier molecular flexibility index (Phi) is 4.23. The molecule has 0 radical (unpaired) electrons. The molecule has 0 saturated carbocycles. The van der Waals surface area contributed by atoms with Crippen LogP contribution in [0.3, 0.4) is 0 Å². The Morgan fingerprint density at radius 2 is 2.30 bits per heavy atom. The molecule has 4 N–H and O–H groups in total. The smallest absolute Gasteiger partial charge is 0.258 e. The minimum absolute atomic E-state index is 0.0437. The molecule has 1 heterocycles. The molecule has 2 rings (SSSR count). The van der Waals surface area contributed by atoms with Crippen molar-refractivity contribution in [3.8, 4) is 5.75 Å². The van der Waals surface area contributed by atoms with Gasteiger partial charge in [0.05, 0.1) is 11.8 Å². The number of nitrogens with zero attached hydrogens (tertiary/aromatic N) is 1. The number of ether oxygens (including phenoxy) is 1. The molecule has 20 heavy (non-hydrogen) atoms. The molecule has 2 aromatic rings. The largest absolute Gasteiger partial charge is 0.485 e. The van der Waals surface area contributed by atoms with Crippen LogP contribution in [0.25, 0.3) is 0 Å². The van der Waals surface area contributed by atoms with E-state index in [1.807, 2.05) is 0 Å². The number of oxime groups is 1. The predicted molar refractivity (Wildman–Crippen MR) is 72.0 cm³/mol. The van der Waals surface area contributed by atoms with Gasteiger partial charge in [0.15, 0.2) is 5.84 Å². The van der Waals surface area contributed by atoms with Gasteiger partial charge < -0.3 is 25.4 Å². The van der Waals surface area contributed by atoms with E-state index in [0.29, 0.717) is 17.0 Å². The first-order valence-corrected chi connectivity index (χ1v) is 5.72. The molecule has 7 nitrogen and oxygen atoms in total. The predicted octanol–water partition coefficient (Wildman–Crippen LogP) is 1.66. The van der Waals surface area contributed by atoms with Crippen molar-refractivity contribution in [2.24, 2.45) is 10.9 Å². The molecule has 1 aromatic heterocycles. The minimum atomic E-state index is -0.285. The second-order valence-electron chi connectivity index (χ2n) is 3.87. The number of rotatable bonds is 5. The van der Waals surface area contributed by atoms with Gasteiger partial charge in [0.25, 0.3) is 5.91 Å². The standard InChI is InChI=1S/C13H13N3O4/c14-12(16-18)8-20-11-3-1-2-10(6-11)15-13(17)9-4-5-19-7-9/h1-7,18H,8H2,(H2,14,16)(H,15,17). The van der Waals surface area contributed by atoms with Crippen LogP contribution in [0.2, 0.25) is 0 Å². The lowest BCUT2D eigenvalue weighted by molar-refractivity contribution is 0.102. The van der Waals surface area contributed by atoms with Crippen molar-refractivity contribution in [1.82, 2.24) is 0 Å². The van der Waals surface area contributed by atoms with Crippen molar-refractivity contribution >= 4 is 17.4 Å². The van der Waals surface area contributed by atoms with Crippen LogP contribution in [-0.2, 0) is 0 Å². The number of hydrogen-bond donors (Lipinski definition) is 3. The number of anilines is 1. The fourth-order valence-electron chi connectivity index (χ4n) is 1.45. The average molecular weight is 275 g/mol. The topological polar surface area (TPSA) is 110 Å². The van der Waals surface area contributed by atoms with Gasteiger partial charge in [-0.15, -0.1) is 0 Å². The molecular formula is C13H13N3O4. The number of hydrogen-bond acceptors (Lipinski definition) is 5. The highest BCUT2D eigenvalue weighted by atomic mass is 16.5. The van der Waals surface area contributed by atoms with Gasteiger partial charge in [0, 0.05) is 11.8 Å². The molecule has 0 spiro atoms. The van der Waals surface area contributed by atoms with Crippen LogP contribution >= 0.6 is 0 Å². The van der Waals surface area contributed by atoms with Gasteiger partial charge in [0.1, 0.15) is 18.6 Å². The highest BCUT2D eigenvalue weighted by molar-refractivity contribution is 6.04. The zero-order valence-corrected chi connectivity index (χ0v) is 10.4. The molecular weight excluding hydrogens is 262 g/mol. The Bertz CT molecular complexity index is 608. The number of carbonyl (C=O) groups is 1. The highest BCUT2D eigenvalue weighted by Crippen LogP contribution is 2.18. The Balaban J connectivity index is 2.01. The first-order valence-electron chi connectivity index (χ1n) is 5.72. The van der Waals surface area contributed by atoms with Crippen LogP contribution in [0.15, 0.2) is 52.4 Å². The molecule has 0 fully saturated rings. The summed E-state index contributed by atoms with van der Waals surface area (Å²) in [6.45, 7) is -0.0460. The molecule has 1 amide bonds. The lowest BCUT2D eigenvalue weighted by Gasteiger charge is -2.08. The maximum atomic E-state index is 11.8. The van der Waals surface area contributed by atoms with Gasteiger partial charge in [-0.05, 0) is 18.2 Å². The third-order valence-corrected chi connectivity index (χ3v) is 2.39. The summed E-state index contributed by atoms with van der Waals surface area (Å²) in [7, 11) is 0. The molecule has 0 aliphatic rings. The van der Waals surface area contributed by atoms with Crippen molar-refractivity contribution in [2.75, 3.05) is 11.9 Å². The van der Waals surface area contributed by atoms with Crippen LogP contribution in [0.4, 0.5) is 5.69 Å². The number of nitrogens with one attached hydrogen (secondary N) is 1. The number of carbonyl (C=O) groups excluding carboxylic acids is 1. The fourth-order valence-corrected chi connectivity index (χ4v) is 1.45. The van der Waals surface area contributed by atoms with Gasteiger partial charge in [-0.25, -0.2) is 0 Å². The highest BCUT2D eigenvalue weighted by Gasteiger charge is 2.07. The average Bonchev–Trinajstić information content (AvgIpc) is 2.99. The summed E-state index contributed by atoms with van der Waals surface area (Å²) in [6.07, 6.45) is 2.78. The van der Waals surface area contributed by atoms with E-state index < -0.39 is 0 Å². The maximum absolute atomic E-state index is 11.8.